The number of amides is 1. The molecule has 0 aliphatic carbocycles. The summed E-state index contributed by atoms with van der Waals surface area (Å²) < 4.78 is 14.5. The Balaban J connectivity index is 1.43. The molecule has 0 spiro atoms. The summed E-state index contributed by atoms with van der Waals surface area (Å²) in [4.78, 5) is 33.1. The fourth-order valence-corrected chi connectivity index (χ4v) is 4.45. The number of carbonyl (C=O) groups is 1. The molecule has 9 heteroatoms. The standard InChI is InChI=1S/C21H23FN6O2/c22-11-14-3-1-6-26(13-14)20(29)16-9-15-4-2-7-27(19(15)23-12-16)17-5-8-28-18(10-17)24-25-21(28)30/h5,8-10,12,14H,1-4,6-7,11,13H2,(H,25,30)/t14-/m0/s1. The van der Waals surface area contributed by atoms with Crippen molar-refractivity contribution in [1.29, 1.82) is 0 Å². The lowest BCUT2D eigenvalue weighted by Crippen LogP contribution is -2.40. The number of pyridine rings is 2. The first-order chi connectivity index (χ1) is 14.6. The van der Waals surface area contributed by atoms with Crippen molar-refractivity contribution in [1.82, 2.24) is 24.5 Å². The van der Waals surface area contributed by atoms with Crippen LogP contribution in [-0.2, 0) is 6.42 Å². The Morgan fingerprint density at radius 1 is 1.27 bits per heavy atom. The second-order valence-corrected chi connectivity index (χ2v) is 8.02. The number of fused-ring (bicyclic) bond motifs is 2. The molecule has 0 bridgehead atoms. The molecule has 1 saturated heterocycles. The van der Waals surface area contributed by atoms with E-state index < -0.39 is 0 Å². The van der Waals surface area contributed by atoms with Crippen LogP contribution in [0.4, 0.5) is 15.9 Å². The van der Waals surface area contributed by atoms with Crippen LogP contribution in [0.15, 0.2) is 35.4 Å². The smallest absolute Gasteiger partial charge is 0.338 e. The van der Waals surface area contributed by atoms with Crippen LogP contribution < -0.4 is 10.6 Å². The average molecular weight is 410 g/mol. The lowest BCUT2D eigenvalue weighted by Gasteiger charge is -2.33. The molecular formula is C21H23FN6O2. The average Bonchev–Trinajstić information content (AvgIpc) is 3.17. The number of halogens is 1. The Bertz CT molecular complexity index is 1160. The van der Waals surface area contributed by atoms with E-state index in [1.54, 1.807) is 17.3 Å². The van der Waals surface area contributed by atoms with Gasteiger partial charge in [-0.1, -0.05) is 0 Å². The van der Waals surface area contributed by atoms with Crippen LogP contribution >= 0.6 is 0 Å². The number of aromatic nitrogens is 4. The van der Waals surface area contributed by atoms with Gasteiger partial charge in [-0.3, -0.25) is 13.6 Å². The highest BCUT2D eigenvalue weighted by Gasteiger charge is 2.27. The number of aromatic amines is 1. The number of alkyl halides is 1. The lowest BCUT2D eigenvalue weighted by atomic mass is 9.98. The van der Waals surface area contributed by atoms with Crippen molar-refractivity contribution >= 4 is 23.1 Å². The molecule has 0 radical (unpaired) electrons. The molecule has 0 unspecified atom stereocenters. The van der Waals surface area contributed by atoms with Gasteiger partial charge >= 0.3 is 5.69 Å². The summed E-state index contributed by atoms with van der Waals surface area (Å²) in [5.74, 6) is 0.687. The van der Waals surface area contributed by atoms with Crippen LogP contribution in [0.1, 0.15) is 35.2 Å². The third-order valence-corrected chi connectivity index (χ3v) is 6.01. The number of rotatable bonds is 3. The van der Waals surface area contributed by atoms with Gasteiger partial charge in [-0.05, 0) is 43.4 Å². The molecule has 8 nitrogen and oxygen atoms in total. The molecular weight excluding hydrogens is 387 g/mol. The van der Waals surface area contributed by atoms with E-state index in [-0.39, 0.29) is 24.2 Å². The summed E-state index contributed by atoms with van der Waals surface area (Å²) in [7, 11) is 0. The van der Waals surface area contributed by atoms with E-state index in [1.165, 1.54) is 4.40 Å². The lowest BCUT2D eigenvalue weighted by molar-refractivity contribution is 0.0656. The summed E-state index contributed by atoms with van der Waals surface area (Å²) in [6.45, 7) is 1.55. The molecule has 1 fully saturated rings. The topological polar surface area (TPSA) is 86.6 Å². The van der Waals surface area contributed by atoms with E-state index in [2.05, 4.69) is 20.1 Å². The number of nitrogens with zero attached hydrogens (tertiary/aromatic N) is 5. The highest BCUT2D eigenvalue weighted by atomic mass is 19.1. The molecule has 0 saturated carbocycles. The molecule has 0 aromatic carbocycles. The Kier molecular flexibility index (Phi) is 4.72. The molecule has 2 aliphatic heterocycles. The fourth-order valence-electron chi connectivity index (χ4n) is 4.45. The molecule has 1 atom stereocenters. The number of anilines is 2. The molecule has 3 aromatic rings. The number of hydrogen-bond donors (Lipinski definition) is 1. The molecule has 1 N–H and O–H groups in total. The van der Waals surface area contributed by atoms with Gasteiger partial charge in [0.2, 0.25) is 0 Å². The Hall–Kier alpha value is -3.23. The normalized spacial score (nSPS) is 19.2. The van der Waals surface area contributed by atoms with E-state index in [1.807, 2.05) is 18.2 Å². The zero-order valence-corrected chi connectivity index (χ0v) is 16.6. The van der Waals surface area contributed by atoms with Crippen molar-refractivity contribution in [3.05, 3.63) is 52.2 Å². The van der Waals surface area contributed by atoms with Crippen molar-refractivity contribution in [2.45, 2.75) is 25.7 Å². The number of likely N-dealkylation sites (tertiary alicyclic amines) is 1. The first kappa shape index (κ1) is 18.8. The maximum absolute atomic E-state index is 13.1. The molecule has 156 valence electrons. The van der Waals surface area contributed by atoms with Crippen LogP contribution in [0.5, 0.6) is 0 Å². The first-order valence-corrected chi connectivity index (χ1v) is 10.3. The van der Waals surface area contributed by atoms with Gasteiger partial charge in [0.1, 0.15) is 5.82 Å². The second-order valence-electron chi connectivity index (χ2n) is 8.02. The quantitative estimate of drug-likeness (QED) is 0.716. The summed E-state index contributed by atoms with van der Waals surface area (Å²) in [5.41, 5.74) is 2.75. The molecule has 5 heterocycles. The van der Waals surface area contributed by atoms with Crippen molar-refractivity contribution in [3.8, 4) is 0 Å². The number of nitrogens with one attached hydrogen (secondary N) is 1. The van der Waals surface area contributed by atoms with Crippen molar-refractivity contribution in [2.24, 2.45) is 5.92 Å². The predicted octanol–water partition coefficient (Wildman–Crippen LogP) is 2.32. The van der Waals surface area contributed by atoms with E-state index in [0.29, 0.717) is 24.3 Å². The Morgan fingerprint density at radius 3 is 3.03 bits per heavy atom. The zero-order valence-electron chi connectivity index (χ0n) is 16.6. The van der Waals surface area contributed by atoms with Gasteiger partial charge < -0.3 is 9.80 Å². The van der Waals surface area contributed by atoms with Crippen LogP contribution in [0.2, 0.25) is 0 Å². The molecule has 2 aliphatic rings. The molecule has 5 rings (SSSR count). The van der Waals surface area contributed by atoms with Gasteiger partial charge in [-0.25, -0.2) is 14.9 Å². The number of H-pyrrole nitrogens is 1. The zero-order chi connectivity index (χ0) is 20.7. The largest absolute Gasteiger partial charge is 0.347 e. The minimum absolute atomic E-state index is 0.0618. The molecule has 3 aromatic heterocycles. The minimum Gasteiger partial charge on any atom is -0.338 e. The van der Waals surface area contributed by atoms with E-state index in [4.69, 9.17) is 0 Å². The number of piperidine rings is 1. The maximum atomic E-state index is 13.1. The Morgan fingerprint density at radius 2 is 2.17 bits per heavy atom. The van der Waals surface area contributed by atoms with Gasteiger partial charge in [0, 0.05) is 49.7 Å². The number of aryl methyl sites for hydroxylation is 1. The Labute approximate surface area is 172 Å². The summed E-state index contributed by atoms with van der Waals surface area (Å²) in [5, 5.41) is 6.48. The van der Waals surface area contributed by atoms with Crippen LogP contribution in [-0.4, -0.2) is 56.7 Å². The third-order valence-electron chi connectivity index (χ3n) is 6.01. The van der Waals surface area contributed by atoms with Crippen molar-refractivity contribution in [3.63, 3.8) is 0 Å². The van der Waals surface area contributed by atoms with Gasteiger partial charge in [-0.2, -0.15) is 5.10 Å². The fraction of sp³-hybridized carbons (Fsp3) is 0.429. The summed E-state index contributed by atoms with van der Waals surface area (Å²) in [6.07, 6.45) is 6.77. The van der Waals surface area contributed by atoms with Crippen molar-refractivity contribution in [2.75, 3.05) is 31.2 Å². The SMILES string of the molecule is O=C(c1cnc2c(c1)CCCN2c1ccn2c(=O)[nH]nc2c1)N1CCC[C@@H](CF)C1. The van der Waals surface area contributed by atoms with E-state index in [9.17, 15) is 14.0 Å². The first-order valence-electron chi connectivity index (χ1n) is 10.3. The van der Waals surface area contributed by atoms with Crippen LogP contribution in [0.3, 0.4) is 0 Å². The number of hydrogen-bond acceptors (Lipinski definition) is 5. The third kappa shape index (κ3) is 3.24. The van der Waals surface area contributed by atoms with Crippen molar-refractivity contribution < 1.29 is 9.18 Å². The van der Waals surface area contributed by atoms with Crippen LogP contribution in [0, 0.1) is 5.92 Å². The minimum atomic E-state index is -0.381. The highest BCUT2D eigenvalue weighted by Crippen LogP contribution is 2.32. The number of carbonyl (C=O) groups excluding carboxylic acids is 1. The summed E-state index contributed by atoms with van der Waals surface area (Å²) in [6, 6.07) is 5.64. The maximum Gasteiger partial charge on any atom is 0.347 e. The van der Waals surface area contributed by atoms with Crippen LogP contribution in [0.25, 0.3) is 5.65 Å². The molecule has 1 amide bonds. The molecule has 30 heavy (non-hydrogen) atoms. The van der Waals surface area contributed by atoms with E-state index >= 15 is 0 Å². The van der Waals surface area contributed by atoms with E-state index in [0.717, 1.165) is 49.3 Å². The van der Waals surface area contributed by atoms with Gasteiger partial charge in [-0.15, -0.1) is 0 Å². The second kappa shape index (κ2) is 7.55. The van der Waals surface area contributed by atoms with Gasteiger partial charge in [0.05, 0.1) is 12.2 Å². The predicted molar refractivity (Wildman–Crippen MR) is 110 cm³/mol. The summed E-state index contributed by atoms with van der Waals surface area (Å²) >= 11 is 0. The van der Waals surface area contributed by atoms with Gasteiger partial charge in [0.25, 0.3) is 5.91 Å². The van der Waals surface area contributed by atoms with Gasteiger partial charge in [0.15, 0.2) is 5.65 Å². The highest BCUT2D eigenvalue weighted by molar-refractivity contribution is 5.94. The monoisotopic (exact) mass is 410 g/mol.